The summed E-state index contributed by atoms with van der Waals surface area (Å²) in [5, 5.41) is 78.3. The number of hydrogen-bond acceptors (Lipinski definition) is 12. The van der Waals surface area contributed by atoms with Crippen molar-refractivity contribution in [2.45, 2.75) is 30.7 Å². The molecule has 1 aliphatic rings. The van der Waals surface area contributed by atoms with Crippen molar-refractivity contribution in [3.63, 3.8) is 0 Å². The molecule has 1 aromatic heterocycles. The fourth-order valence-electron chi connectivity index (χ4n) is 3.45. The van der Waals surface area contributed by atoms with E-state index in [1.165, 1.54) is 6.07 Å². The van der Waals surface area contributed by atoms with Crippen LogP contribution in [0.15, 0.2) is 39.5 Å². The molecular formula is C21H18O13. The normalized spacial score (nSPS) is 24.7. The molecule has 3 aromatic rings. The number of aliphatic hydroxyl groups excluding tert-OH is 3. The first-order chi connectivity index (χ1) is 16.0. The van der Waals surface area contributed by atoms with Crippen LogP contribution >= 0.6 is 0 Å². The predicted molar refractivity (Wildman–Crippen MR) is 110 cm³/mol. The number of carboxylic acids is 1. The molecule has 1 fully saturated rings. The van der Waals surface area contributed by atoms with Gasteiger partial charge in [0.2, 0.25) is 12.0 Å². The topological polar surface area (TPSA) is 228 Å². The summed E-state index contributed by atoms with van der Waals surface area (Å²) >= 11 is 0. The van der Waals surface area contributed by atoms with Crippen molar-refractivity contribution in [1.82, 2.24) is 0 Å². The van der Waals surface area contributed by atoms with Crippen LogP contribution in [0.5, 0.6) is 28.7 Å². The van der Waals surface area contributed by atoms with Crippen molar-refractivity contribution in [2.75, 3.05) is 0 Å². The molecule has 0 aliphatic carbocycles. The molecule has 8 N–H and O–H groups in total. The Hall–Kier alpha value is -4.04. The van der Waals surface area contributed by atoms with E-state index in [-0.39, 0.29) is 16.9 Å². The molecule has 4 rings (SSSR count). The van der Waals surface area contributed by atoms with E-state index >= 15 is 0 Å². The number of rotatable bonds is 4. The fraction of sp³-hybridized carbons (Fsp3) is 0.238. The molecule has 0 bridgehead atoms. The first kappa shape index (κ1) is 23.1. The Morgan fingerprint density at radius 3 is 2.24 bits per heavy atom. The highest BCUT2D eigenvalue weighted by molar-refractivity contribution is 5.89. The van der Waals surface area contributed by atoms with Gasteiger partial charge in [-0.15, -0.1) is 0 Å². The average molecular weight is 478 g/mol. The zero-order valence-corrected chi connectivity index (χ0v) is 16.9. The Bertz CT molecular complexity index is 1330. The number of hydrogen-bond donors (Lipinski definition) is 8. The molecule has 13 heteroatoms. The van der Waals surface area contributed by atoms with Crippen LogP contribution in [-0.2, 0) is 9.53 Å². The van der Waals surface area contributed by atoms with Crippen molar-refractivity contribution >= 4 is 16.9 Å². The Kier molecular flexibility index (Phi) is 5.70. The standard InChI is InChI=1S/C21H18O13/c22-7-2-1-6(3-8(7)23)10-4-9(24)13-11(32-10)5-12(14(25)15(13)26)33-21-18(29)16(27)17(28)19(34-21)20(30)31/h1-5,16-19,21-23,25-29H,(H,30,31)/t16-,17-,18+,19-,21+/m0/s1. The van der Waals surface area contributed by atoms with Crippen LogP contribution < -0.4 is 10.2 Å². The minimum Gasteiger partial charge on any atom is -0.504 e. The molecule has 13 nitrogen and oxygen atoms in total. The number of fused-ring (bicyclic) bond motifs is 1. The number of carbonyl (C=O) groups is 1. The molecular weight excluding hydrogens is 460 g/mol. The molecule has 180 valence electrons. The third kappa shape index (κ3) is 3.82. The second-order valence-corrected chi connectivity index (χ2v) is 7.48. The maximum atomic E-state index is 12.6. The smallest absolute Gasteiger partial charge is 0.335 e. The third-order valence-corrected chi connectivity index (χ3v) is 5.25. The first-order valence-electron chi connectivity index (χ1n) is 9.64. The largest absolute Gasteiger partial charge is 0.504 e. The summed E-state index contributed by atoms with van der Waals surface area (Å²) in [5.74, 6) is -5.21. The zero-order chi connectivity index (χ0) is 24.9. The van der Waals surface area contributed by atoms with Gasteiger partial charge in [-0.25, -0.2) is 4.79 Å². The van der Waals surface area contributed by atoms with Gasteiger partial charge < -0.3 is 54.7 Å². The summed E-state index contributed by atoms with van der Waals surface area (Å²) in [4.78, 5) is 23.8. The van der Waals surface area contributed by atoms with E-state index in [1.807, 2.05) is 0 Å². The lowest BCUT2D eigenvalue weighted by Crippen LogP contribution is -2.61. The van der Waals surface area contributed by atoms with Crippen LogP contribution in [-0.4, -0.2) is 77.5 Å². The third-order valence-electron chi connectivity index (χ3n) is 5.25. The van der Waals surface area contributed by atoms with Gasteiger partial charge in [0, 0.05) is 17.7 Å². The first-order valence-corrected chi connectivity index (χ1v) is 9.64. The van der Waals surface area contributed by atoms with Crippen LogP contribution in [0.25, 0.3) is 22.3 Å². The Morgan fingerprint density at radius 2 is 1.59 bits per heavy atom. The van der Waals surface area contributed by atoms with E-state index in [4.69, 9.17) is 19.0 Å². The quantitative estimate of drug-likeness (QED) is 0.223. The van der Waals surface area contributed by atoms with Crippen LogP contribution in [0.3, 0.4) is 0 Å². The number of benzene rings is 2. The van der Waals surface area contributed by atoms with Gasteiger partial charge in [-0.05, 0) is 18.2 Å². The van der Waals surface area contributed by atoms with Gasteiger partial charge >= 0.3 is 5.97 Å². The number of phenolic OH excluding ortho intramolecular Hbond substituents is 4. The molecule has 2 heterocycles. The lowest BCUT2D eigenvalue weighted by molar-refractivity contribution is -0.271. The number of carboxylic acid groups (broad SMARTS) is 1. The van der Waals surface area contributed by atoms with Gasteiger partial charge in [-0.3, -0.25) is 4.79 Å². The van der Waals surface area contributed by atoms with Crippen LogP contribution in [0.4, 0.5) is 0 Å². The SMILES string of the molecule is O=C(O)[C@H]1O[C@@H](Oc2cc3oc(-c4ccc(O)c(O)c4)cc(=O)c3c(O)c2O)[C@H](O)[C@@H](O)[C@@H]1O. The maximum absolute atomic E-state index is 12.6. The maximum Gasteiger partial charge on any atom is 0.335 e. The van der Waals surface area contributed by atoms with Gasteiger partial charge in [0.05, 0.1) is 0 Å². The minimum absolute atomic E-state index is 0.0951. The molecule has 2 aromatic carbocycles. The van der Waals surface area contributed by atoms with Gasteiger partial charge in [0.25, 0.3) is 0 Å². The molecule has 0 saturated carbocycles. The Morgan fingerprint density at radius 1 is 0.882 bits per heavy atom. The highest BCUT2D eigenvalue weighted by Crippen LogP contribution is 2.43. The highest BCUT2D eigenvalue weighted by Gasteiger charge is 2.48. The van der Waals surface area contributed by atoms with Crippen molar-refractivity contribution in [3.8, 4) is 40.1 Å². The van der Waals surface area contributed by atoms with Crippen LogP contribution in [0.1, 0.15) is 0 Å². The second kappa shape index (κ2) is 8.39. The van der Waals surface area contributed by atoms with E-state index in [1.54, 1.807) is 0 Å². The predicted octanol–water partition coefficient (Wildman–Crippen LogP) is -0.447. The molecule has 0 amide bonds. The number of aromatic hydroxyl groups is 4. The van der Waals surface area contributed by atoms with E-state index in [0.29, 0.717) is 0 Å². The van der Waals surface area contributed by atoms with E-state index < -0.39 is 76.2 Å². The van der Waals surface area contributed by atoms with Gasteiger partial charge in [-0.1, -0.05) is 0 Å². The van der Waals surface area contributed by atoms with E-state index in [2.05, 4.69) is 0 Å². The summed E-state index contributed by atoms with van der Waals surface area (Å²) in [6.45, 7) is 0. The van der Waals surface area contributed by atoms with Gasteiger partial charge in [0.15, 0.2) is 34.5 Å². The molecule has 1 aliphatic heterocycles. The van der Waals surface area contributed by atoms with Crippen molar-refractivity contribution in [3.05, 3.63) is 40.6 Å². The van der Waals surface area contributed by atoms with E-state index in [9.17, 15) is 45.3 Å². The summed E-state index contributed by atoms with van der Waals surface area (Å²) in [7, 11) is 0. The van der Waals surface area contributed by atoms with Crippen molar-refractivity contribution in [1.29, 1.82) is 0 Å². The van der Waals surface area contributed by atoms with Crippen molar-refractivity contribution < 1.29 is 59.5 Å². The van der Waals surface area contributed by atoms with Gasteiger partial charge in [0.1, 0.15) is 35.0 Å². The van der Waals surface area contributed by atoms with Crippen LogP contribution in [0, 0.1) is 0 Å². The Balaban J connectivity index is 1.78. The molecule has 34 heavy (non-hydrogen) atoms. The van der Waals surface area contributed by atoms with E-state index in [0.717, 1.165) is 24.3 Å². The zero-order valence-electron chi connectivity index (χ0n) is 16.9. The molecule has 0 spiro atoms. The summed E-state index contributed by atoms with van der Waals surface area (Å²) in [6, 6.07) is 5.51. The lowest BCUT2D eigenvalue weighted by atomic mass is 9.99. The summed E-state index contributed by atoms with van der Waals surface area (Å²) < 4.78 is 15.8. The Labute approximate surface area is 188 Å². The van der Waals surface area contributed by atoms with Crippen LogP contribution in [0.2, 0.25) is 0 Å². The average Bonchev–Trinajstić information content (AvgIpc) is 2.78. The molecule has 0 unspecified atom stereocenters. The number of phenols is 4. The lowest BCUT2D eigenvalue weighted by Gasteiger charge is -2.38. The molecule has 1 saturated heterocycles. The summed E-state index contributed by atoms with van der Waals surface area (Å²) in [5.41, 5.74) is -0.931. The minimum atomic E-state index is -1.98. The number of aliphatic carboxylic acids is 1. The number of ether oxygens (including phenoxy) is 2. The molecule has 5 atom stereocenters. The fourth-order valence-corrected chi connectivity index (χ4v) is 3.45. The number of aliphatic hydroxyl groups is 3. The highest BCUT2D eigenvalue weighted by atomic mass is 16.7. The van der Waals surface area contributed by atoms with Crippen molar-refractivity contribution in [2.24, 2.45) is 0 Å². The summed E-state index contributed by atoms with van der Waals surface area (Å²) in [6.07, 6.45) is -9.81. The van der Waals surface area contributed by atoms with Gasteiger partial charge in [-0.2, -0.15) is 0 Å². The molecule has 0 radical (unpaired) electrons. The second-order valence-electron chi connectivity index (χ2n) is 7.48. The monoisotopic (exact) mass is 478 g/mol.